The van der Waals surface area contributed by atoms with Gasteiger partial charge in [-0.2, -0.15) is 0 Å². The Hall–Kier alpha value is -2.88. The van der Waals surface area contributed by atoms with Gasteiger partial charge >= 0.3 is 0 Å². The monoisotopic (exact) mass is 489 g/mol. The number of hydrazine groups is 1. The van der Waals surface area contributed by atoms with Crippen molar-refractivity contribution in [2.45, 2.75) is 12.8 Å². The Labute approximate surface area is 200 Å². The molecule has 2 aromatic carbocycles. The van der Waals surface area contributed by atoms with Crippen LogP contribution in [0.5, 0.6) is 5.75 Å². The lowest BCUT2D eigenvalue weighted by Gasteiger charge is -2.14. The molecule has 1 heterocycles. The Balaban J connectivity index is 1.47. The van der Waals surface area contributed by atoms with Gasteiger partial charge in [0.2, 0.25) is 5.91 Å². The first kappa shape index (κ1) is 23.8. The quantitative estimate of drug-likeness (QED) is 0.349. The van der Waals surface area contributed by atoms with Gasteiger partial charge < -0.3 is 4.74 Å². The zero-order valence-corrected chi connectivity index (χ0v) is 19.5. The van der Waals surface area contributed by atoms with Crippen LogP contribution in [-0.4, -0.2) is 40.6 Å². The maximum atomic E-state index is 12.7. The Bertz CT molecular complexity index is 1070. The Morgan fingerprint density at radius 3 is 2.66 bits per heavy atom. The second kappa shape index (κ2) is 11.1. The van der Waals surface area contributed by atoms with Gasteiger partial charge in [0.05, 0.1) is 12.0 Å². The van der Waals surface area contributed by atoms with E-state index in [1.54, 1.807) is 37.5 Å². The van der Waals surface area contributed by atoms with Gasteiger partial charge in [0.25, 0.3) is 11.8 Å². The summed E-state index contributed by atoms with van der Waals surface area (Å²) < 4.78 is 5.65. The summed E-state index contributed by atoms with van der Waals surface area (Å²) in [6, 6.07) is 13.6. The number of carbonyl (C=O) groups excluding carboxylic acids is 3. The van der Waals surface area contributed by atoms with Crippen LogP contribution in [0.25, 0.3) is 6.08 Å². The van der Waals surface area contributed by atoms with E-state index < -0.39 is 5.91 Å². The van der Waals surface area contributed by atoms with Crippen LogP contribution in [0.1, 0.15) is 28.8 Å². The minimum absolute atomic E-state index is 0.118. The van der Waals surface area contributed by atoms with Crippen LogP contribution in [0.2, 0.25) is 5.02 Å². The number of benzene rings is 2. The van der Waals surface area contributed by atoms with Gasteiger partial charge in [-0.25, -0.2) is 0 Å². The van der Waals surface area contributed by atoms with Gasteiger partial charge in [0.1, 0.15) is 10.1 Å². The standard InChI is InChI=1S/C22H20ClN3O4S2/c1-30-17-5-2-4-14(12-17)13-18-21(29)26(22(31)32-18)11-3-6-19(27)24-25-20(28)15-7-9-16(23)10-8-15/h2,4-5,7-10,12-13H,3,6,11H2,1H3,(H,24,27)(H,25,28). The molecule has 2 aromatic rings. The Morgan fingerprint density at radius 2 is 1.94 bits per heavy atom. The summed E-state index contributed by atoms with van der Waals surface area (Å²) in [6.45, 7) is 0.304. The van der Waals surface area contributed by atoms with Gasteiger partial charge in [-0.15, -0.1) is 0 Å². The molecule has 32 heavy (non-hydrogen) atoms. The van der Waals surface area contributed by atoms with E-state index in [0.717, 1.165) is 5.56 Å². The van der Waals surface area contributed by atoms with Crippen molar-refractivity contribution >= 4 is 63.7 Å². The predicted octanol–water partition coefficient (Wildman–Crippen LogP) is 3.79. The average molecular weight is 490 g/mol. The second-order valence-corrected chi connectivity index (χ2v) is 8.83. The van der Waals surface area contributed by atoms with Crippen molar-refractivity contribution in [1.82, 2.24) is 15.8 Å². The molecule has 3 amide bonds. The van der Waals surface area contributed by atoms with Crippen molar-refractivity contribution in [2.24, 2.45) is 0 Å². The molecule has 1 aliphatic heterocycles. The van der Waals surface area contributed by atoms with Crippen LogP contribution >= 0.6 is 35.6 Å². The number of hydrogen-bond acceptors (Lipinski definition) is 6. The smallest absolute Gasteiger partial charge is 0.269 e. The van der Waals surface area contributed by atoms with E-state index in [1.165, 1.54) is 16.7 Å². The van der Waals surface area contributed by atoms with Gasteiger partial charge in [-0.3, -0.25) is 30.1 Å². The van der Waals surface area contributed by atoms with Crippen LogP contribution < -0.4 is 15.6 Å². The van der Waals surface area contributed by atoms with Crippen LogP contribution in [0.3, 0.4) is 0 Å². The van der Waals surface area contributed by atoms with E-state index in [1.807, 2.05) is 24.3 Å². The van der Waals surface area contributed by atoms with Crippen LogP contribution in [0.15, 0.2) is 53.4 Å². The first-order valence-electron chi connectivity index (χ1n) is 9.61. The minimum atomic E-state index is -0.449. The van der Waals surface area contributed by atoms with Crippen molar-refractivity contribution in [2.75, 3.05) is 13.7 Å². The number of methoxy groups -OCH3 is 1. The van der Waals surface area contributed by atoms with Gasteiger partial charge in [0, 0.05) is 23.6 Å². The van der Waals surface area contributed by atoms with Crippen LogP contribution in [-0.2, 0) is 9.59 Å². The molecule has 1 fully saturated rings. The van der Waals surface area contributed by atoms with E-state index in [2.05, 4.69) is 10.9 Å². The summed E-state index contributed by atoms with van der Waals surface area (Å²) in [5.74, 6) is -0.318. The SMILES string of the molecule is COc1cccc(C=C2SC(=S)N(CCCC(=O)NNC(=O)c3ccc(Cl)cc3)C2=O)c1. The molecule has 10 heteroatoms. The molecule has 0 aliphatic carbocycles. The van der Waals surface area contributed by atoms with E-state index >= 15 is 0 Å². The number of thioether (sulfide) groups is 1. The number of thiocarbonyl (C=S) groups is 1. The van der Waals surface area contributed by atoms with Crippen molar-refractivity contribution in [3.8, 4) is 5.75 Å². The lowest BCUT2D eigenvalue weighted by molar-refractivity contribution is -0.124. The molecule has 0 atom stereocenters. The molecule has 0 aromatic heterocycles. The van der Waals surface area contributed by atoms with Crippen LogP contribution in [0.4, 0.5) is 0 Å². The lowest BCUT2D eigenvalue weighted by atomic mass is 10.2. The molecule has 2 N–H and O–H groups in total. The predicted molar refractivity (Wildman–Crippen MR) is 129 cm³/mol. The molecule has 166 valence electrons. The molecule has 0 spiro atoms. The molecule has 0 radical (unpaired) electrons. The molecule has 0 unspecified atom stereocenters. The fraction of sp³-hybridized carbons (Fsp3) is 0.182. The molecule has 0 saturated carbocycles. The summed E-state index contributed by atoms with van der Waals surface area (Å²) in [6.07, 6.45) is 2.27. The molecule has 7 nitrogen and oxygen atoms in total. The minimum Gasteiger partial charge on any atom is -0.497 e. The highest BCUT2D eigenvalue weighted by Crippen LogP contribution is 2.33. The highest BCUT2D eigenvalue weighted by molar-refractivity contribution is 8.26. The average Bonchev–Trinajstić information content (AvgIpc) is 3.05. The number of amides is 3. The zero-order chi connectivity index (χ0) is 23.1. The van der Waals surface area contributed by atoms with E-state index in [4.69, 9.17) is 28.6 Å². The topological polar surface area (TPSA) is 87.7 Å². The molecular weight excluding hydrogens is 470 g/mol. The van der Waals surface area contributed by atoms with Gasteiger partial charge in [-0.05, 0) is 54.5 Å². The third-order valence-corrected chi connectivity index (χ3v) is 6.10. The zero-order valence-electron chi connectivity index (χ0n) is 17.1. The maximum Gasteiger partial charge on any atom is 0.269 e. The molecular formula is C22H20ClN3O4S2. The number of nitrogens with zero attached hydrogens (tertiary/aromatic N) is 1. The normalized spacial score (nSPS) is 14.6. The van der Waals surface area contributed by atoms with E-state index in [-0.39, 0.29) is 18.2 Å². The number of halogens is 1. The molecule has 0 bridgehead atoms. The summed E-state index contributed by atoms with van der Waals surface area (Å²) in [5.41, 5.74) is 5.91. The van der Waals surface area contributed by atoms with E-state index in [9.17, 15) is 14.4 Å². The number of carbonyl (C=O) groups is 3. The number of rotatable bonds is 7. The summed E-state index contributed by atoms with van der Waals surface area (Å²) in [4.78, 5) is 38.7. The summed E-state index contributed by atoms with van der Waals surface area (Å²) in [5, 5.41) is 0.514. The summed E-state index contributed by atoms with van der Waals surface area (Å²) in [7, 11) is 1.58. The van der Waals surface area contributed by atoms with Crippen LogP contribution in [0, 0.1) is 0 Å². The van der Waals surface area contributed by atoms with Gasteiger partial charge in [0.15, 0.2) is 0 Å². The third kappa shape index (κ3) is 6.32. The maximum absolute atomic E-state index is 12.7. The Morgan fingerprint density at radius 1 is 1.19 bits per heavy atom. The lowest BCUT2D eigenvalue weighted by Crippen LogP contribution is -2.41. The second-order valence-electron chi connectivity index (χ2n) is 6.72. The van der Waals surface area contributed by atoms with E-state index in [0.29, 0.717) is 38.5 Å². The van der Waals surface area contributed by atoms with Crippen molar-refractivity contribution < 1.29 is 19.1 Å². The fourth-order valence-electron chi connectivity index (χ4n) is 2.84. The number of hydrogen-bond donors (Lipinski definition) is 2. The summed E-state index contributed by atoms with van der Waals surface area (Å²) >= 11 is 12.3. The highest BCUT2D eigenvalue weighted by Gasteiger charge is 2.31. The number of ether oxygens (including phenoxy) is 1. The third-order valence-electron chi connectivity index (χ3n) is 4.47. The van der Waals surface area contributed by atoms with Crippen molar-refractivity contribution in [3.05, 3.63) is 69.6 Å². The number of nitrogens with one attached hydrogen (secondary N) is 2. The van der Waals surface area contributed by atoms with Crippen molar-refractivity contribution in [1.29, 1.82) is 0 Å². The molecule has 3 rings (SSSR count). The molecule has 1 aliphatic rings. The first-order chi connectivity index (χ1) is 15.4. The largest absolute Gasteiger partial charge is 0.497 e. The fourth-order valence-corrected chi connectivity index (χ4v) is 4.27. The Kier molecular flexibility index (Phi) is 8.26. The first-order valence-corrected chi connectivity index (χ1v) is 11.2. The highest BCUT2D eigenvalue weighted by atomic mass is 35.5. The van der Waals surface area contributed by atoms with Crippen molar-refractivity contribution in [3.63, 3.8) is 0 Å². The van der Waals surface area contributed by atoms with Gasteiger partial charge in [-0.1, -0.05) is 47.7 Å². The molecule has 1 saturated heterocycles.